The summed E-state index contributed by atoms with van der Waals surface area (Å²) in [6.07, 6.45) is 1.70. The van der Waals surface area contributed by atoms with Crippen LogP contribution in [0.15, 0.2) is 16.9 Å². The second kappa shape index (κ2) is 5.15. The maximum absolute atomic E-state index is 11.4. The zero-order chi connectivity index (χ0) is 13.0. The molecule has 0 radical (unpaired) electrons. The third-order valence-electron chi connectivity index (χ3n) is 2.55. The third-order valence-corrected chi connectivity index (χ3v) is 2.55. The van der Waals surface area contributed by atoms with E-state index in [1.54, 1.807) is 0 Å². The molecule has 2 amide bonds. The molecular formula is C10H13N3O5. The van der Waals surface area contributed by atoms with Crippen LogP contribution in [-0.4, -0.2) is 47.4 Å². The Morgan fingerprint density at radius 3 is 2.94 bits per heavy atom. The van der Waals surface area contributed by atoms with Crippen LogP contribution in [-0.2, 0) is 14.3 Å². The number of carbonyl (C=O) groups is 2. The van der Waals surface area contributed by atoms with E-state index in [9.17, 15) is 14.7 Å². The molecule has 98 valence electrons. The Balaban J connectivity index is 1.79. The van der Waals surface area contributed by atoms with Gasteiger partial charge in [-0.05, 0) is 0 Å². The number of aromatic nitrogens is 1. The van der Waals surface area contributed by atoms with Gasteiger partial charge in [-0.3, -0.25) is 14.9 Å². The van der Waals surface area contributed by atoms with Gasteiger partial charge in [-0.2, -0.15) is 0 Å². The first-order valence-electron chi connectivity index (χ1n) is 5.39. The molecule has 1 atom stereocenters. The second-order valence-electron chi connectivity index (χ2n) is 4.05. The van der Waals surface area contributed by atoms with E-state index < -0.39 is 17.4 Å². The SMILES string of the molecule is O=C(NC[C@]1(O)CCOC1)C(=O)Nc1ccon1. The van der Waals surface area contributed by atoms with E-state index >= 15 is 0 Å². The average Bonchev–Trinajstić information content (AvgIpc) is 2.98. The lowest BCUT2D eigenvalue weighted by atomic mass is 10.0. The van der Waals surface area contributed by atoms with Gasteiger partial charge in [0.05, 0.1) is 6.61 Å². The number of anilines is 1. The summed E-state index contributed by atoms with van der Waals surface area (Å²) in [5, 5.41) is 17.9. The summed E-state index contributed by atoms with van der Waals surface area (Å²) in [5.41, 5.74) is -1.09. The average molecular weight is 255 g/mol. The highest BCUT2D eigenvalue weighted by Gasteiger charge is 2.33. The molecule has 1 aromatic rings. The first-order valence-corrected chi connectivity index (χ1v) is 5.39. The predicted octanol–water partition coefficient (Wildman–Crippen LogP) is -1.12. The van der Waals surface area contributed by atoms with Crippen LogP contribution in [0.1, 0.15) is 6.42 Å². The van der Waals surface area contributed by atoms with Gasteiger partial charge in [0.15, 0.2) is 5.82 Å². The number of nitrogens with zero attached hydrogens (tertiary/aromatic N) is 1. The Morgan fingerprint density at radius 2 is 2.33 bits per heavy atom. The Bertz CT molecular complexity index is 425. The number of rotatable bonds is 3. The van der Waals surface area contributed by atoms with Gasteiger partial charge < -0.3 is 19.7 Å². The van der Waals surface area contributed by atoms with Crippen molar-refractivity contribution >= 4 is 17.6 Å². The van der Waals surface area contributed by atoms with Gasteiger partial charge in [-0.1, -0.05) is 5.16 Å². The van der Waals surface area contributed by atoms with E-state index in [0.29, 0.717) is 13.0 Å². The Labute approximate surface area is 102 Å². The first kappa shape index (κ1) is 12.5. The van der Waals surface area contributed by atoms with E-state index in [1.807, 2.05) is 0 Å². The lowest BCUT2D eigenvalue weighted by molar-refractivity contribution is -0.136. The van der Waals surface area contributed by atoms with Gasteiger partial charge in [0, 0.05) is 25.6 Å². The number of aliphatic hydroxyl groups is 1. The first-order chi connectivity index (χ1) is 8.59. The molecular weight excluding hydrogens is 242 g/mol. The zero-order valence-corrected chi connectivity index (χ0v) is 9.51. The topological polar surface area (TPSA) is 114 Å². The molecule has 0 aliphatic carbocycles. The highest BCUT2D eigenvalue weighted by Crippen LogP contribution is 2.16. The van der Waals surface area contributed by atoms with Gasteiger partial charge in [0.25, 0.3) is 0 Å². The number of amides is 2. The molecule has 18 heavy (non-hydrogen) atoms. The minimum atomic E-state index is -1.09. The normalized spacial score (nSPS) is 22.7. The Hall–Kier alpha value is -1.93. The van der Waals surface area contributed by atoms with Gasteiger partial charge >= 0.3 is 11.8 Å². The molecule has 8 nitrogen and oxygen atoms in total. The molecule has 1 saturated heterocycles. The van der Waals surface area contributed by atoms with Crippen LogP contribution >= 0.6 is 0 Å². The molecule has 1 fully saturated rings. The molecule has 8 heteroatoms. The van der Waals surface area contributed by atoms with Crippen molar-refractivity contribution in [1.82, 2.24) is 10.5 Å². The van der Waals surface area contributed by atoms with Gasteiger partial charge in [-0.15, -0.1) is 0 Å². The van der Waals surface area contributed by atoms with Crippen molar-refractivity contribution in [2.45, 2.75) is 12.0 Å². The number of ether oxygens (including phenoxy) is 1. The standard InChI is InChI=1S/C10H13N3O5/c14-8(9(15)12-7-1-3-18-13-7)11-5-10(16)2-4-17-6-10/h1,3,16H,2,4-6H2,(H,11,14)(H,12,13,15)/t10-/m1/s1. The largest absolute Gasteiger partial charge is 0.386 e. The molecule has 3 N–H and O–H groups in total. The molecule has 2 heterocycles. The number of nitrogens with one attached hydrogen (secondary N) is 2. The lowest BCUT2D eigenvalue weighted by Crippen LogP contribution is -2.46. The predicted molar refractivity (Wildman–Crippen MR) is 58.5 cm³/mol. The molecule has 0 bridgehead atoms. The van der Waals surface area contributed by atoms with E-state index in [4.69, 9.17) is 4.74 Å². The molecule has 0 saturated carbocycles. The van der Waals surface area contributed by atoms with E-state index in [0.717, 1.165) is 0 Å². The van der Waals surface area contributed by atoms with Crippen molar-refractivity contribution in [1.29, 1.82) is 0 Å². The summed E-state index contributed by atoms with van der Waals surface area (Å²) < 4.78 is 9.51. The van der Waals surface area contributed by atoms with E-state index in [1.165, 1.54) is 12.3 Å². The quantitative estimate of drug-likeness (QED) is 0.589. The van der Waals surface area contributed by atoms with Gasteiger partial charge in [0.1, 0.15) is 11.9 Å². The monoisotopic (exact) mass is 255 g/mol. The van der Waals surface area contributed by atoms with Crippen LogP contribution in [0.3, 0.4) is 0 Å². The highest BCUT2D eigenvalue weighted by molar-refractivity contribution is 6.39. The van der Waals surface area contributed by atoms with Gasteiger partial charge in [0.2, 0.25) is 0 Å². The number of hydrogen-bond donors (Lipinski definition) is 3. The second-order valence-corrected chi connectivity index (χ2v) is 4.05. The lowest BCUT2D eigenvalue weighted by Gasteiger charge is -2.20. The minimum absolute atomic E-state index is 0.0297. The van der Waals surface area contributed by atoms with E-state index in [-0.39, 0.29) is 19.0 Å². The van der Waals surface area contributed by atoms with Crippen molar-refractivity contribution < 1.29 is 24.0 Å². The smallest absolute Gasteiger partial charge is 0.314 e. The molecule has 0 unspecified atom stereocenters. The zero-order valence-electron chi connectivity index (χ0n) is 9.51. The maximum atomic E-state index is 11.4. The summed E-state index contributed by atoms with van der Waals surface area (Å²) in [7, 11) is 0. The number of carbonyl (C=O) groups excluding carboxylic acids is 2. The molecule has 2 rings (SSSR count). The fraction of sp³-hybridized carbons (Fsp3) is 0.500. The summed E-state index contributed by atoms with van der Waals surface area (Å²) in [6.45, 7) is 0.563. The Morgan fingerprint density at radius 1 is 1.50 bits per heavy atom. The summed E-state index contributed by atoms with van der Waals surface area (Å²) in [4.78, 5) is 22.8. The highest BCUT2D eigenvalue weighted by atomic mass is 16.5. The number of hydrogen-bond acceptors (Lipinski definition) is 6. The van der Waals surface area contributed by atoms with Crippen LogP contribution in [0.5, 0.6) is 0 Å². The van der Waals surface area contributed by atoms with Crippen molar-refractivity contribution in [2.24, 2.45) is 0 Å². The van der Waals surface area contributed by atoms with Crippen LogP contribution in [0.25, 0.3) is 0 Å². The molecule has 0 aromatic carbocycles. The van der Waals surface area contributed by atoms with Crippen LogP contribution in [0.4, 0.5) is 5.82 Å². The summed E-state index contributed by atoms with van der Waals surface area (Å²) in [5.74, 6) is -1.57. The fourth-order valence-corrected chi connectivity index (χ4v) is 1.51. The fourth-order valence-electron chi connectivity index (χ4n) is 1.51. The van der Waals surface area contributed by atoms with Crippen molar-refractivity contribution in [2.75, 3.05) is 25.1 Å². The molecule has 1 aromatic heterocycles. The van der Waals surface area contributed by atoms with Crippen LogP contribution in [0.2, 0.25) is 0 Å². The molecule has 1 aliphatic rings. The Kier molecular flexibility index (Phi) is 3.58. The van der Waals surface area contributed by atoms with E-state index in [2.05, 4.69) is 20.3 Å². The van der Waals surface area contributed by atoms with Crippen molar-refractivity contribution in [3.8, 4) is 0 Å². The van der Waals surface area contributed by atoms with Crippen molar-refractivity contribution in [3.05, 3.63) is 12.3 Å². The third kappa shape index (κ3) is 3.05. The summed E-state index contributed by atoms with van der Waals surface area (Å²) >= 11 is 0. The van der Waals surface area contributed by atoms with Gasteiger partial charge in [-0.25, -0.2) is 0 Å². The maximum Gasteiger partial charge on any atom is 0.314 e. The molecule has 0 spiro atoms. The summed E-state index contributed by atoms with van der Waals surface area (Å²) in [6, 6.07) is 1.41. The van der Waals surface area contributed by atoms with Crippen LogP contribution in [0, 0.1) is 0 Å². The van der Waals surface area contributed by atoms with Crippen molar-refractivity contribution in [3.63, 3.8) is 0 Å². The minimum Gasteiger partial charge on any atom is -0.386 e. The molecule has 1 aliphatic heterocycles. The van der Waals surface area contributed by atoms with Crippen LogP contribution < -0.4 is 10.6 Å².